The number of rotatable bonds is 8. The Hall–Kier alpha value is -0.610. The van der Waals surface area contributed by atoms with Gasteiger partial charge >= 0.3 is 5.97 Å². The fraction of sp³-hybridized carbons (Fsp3) is 0.962. The number of carbonyl (C=O) groups is 1. The van der Waals surface area contributed by atoms with E-state index in [0.717, 1.165) is 25.5 Å². The molecule has 0 heterocycles. The standard InChI is InChI=1S/C26H48NO3/c1-18(2)21-10-9-19(3)15-22(21)30-24(28)17-27(7,8)13-14-29-23-16-20-11-12-26(23,6)25(20,4)5/h18-23H,9-17H2,1-8H3/q+1/t19-,20-,21-,22-,23+,26-/m1/s1. The van der Waals surface area contributed by atoms with Gasteiger partial charge in [0.05, 0.1) is 26.8 Å². The third-order valence-electron chi connectivity index (χ3n) is 9.53. The molecule has 3 saturated carbocycles. The van der Waals surface area contributed by atoms with Crippen LogP contribution in [0.15, 0.2) is 0 Å². The Balaban J connectivity index is 1.46. The Morgan fingerprint density at radius 1 is 1.10 bits per heavy atom. The van der Waals surface area contributed by atoms with E-state index in [0.29, 0.717) is 45.7 Å². The van der Waals surface area contributed by atoms with E-state index in [1.807, 2.05) is 0 Å². The zero-order valence-electron chi connectivity index (χ0n) is 21.0. The summed E-state index contributed by atoms with van der Waals surface area (Å²) in [6.07, 6.45) is 7.76. The monoisotopic (exact) mass is 422 g/mol. The third kappa shape index (κ3) is 4.75. The number of quaternary nitrogens is 1. The van der Waals surface area contributed by atoms with Crippen LogP contribution in [-0.2, 0) is 14.3 Å². The summed E-state index contributed by atoms with van der Waals surface area (Å²) in [5.74, 6) is 2.49. The maximum Gasteiger partial charge on any atom is 0.362 e. The highest BCUT2D eigenvalue weighted by Gasteiger charge is 2.61. The second kappa shape index (κ2) is 8.73. The van der Waals surface area contributed by atoms with Crippen molar-refractivity contribution in [1.29, 1.82) is 0 Å². The molecule has 0 aromatic rings. The molecule has 0 aromatic carbocycles. The van der Waals surface area contributed by atoms with Gasteiger partial charge in [0.25, 0.3) is 0 Å². The second-order valence-electron chi connectivity index (χ2n) is 12.6. The first-order valence-corrected chi connectivity index (χ1v) is 12.5. The van der Waals surface area contributed by atoms with Gasteiger partial charge in [0.15, 0.2) is 6.54 Å². The number of hydrogen-bond donors (Lipinski definition) is 0. The molecule has 4 heteroatoms. The van der Waals surface area contributed by atoms with Crippen LogP contribution in [0.4, 0.5) is 0 Å². The molecule has 2 bridgehead atoms. The first-order chi connectivity index (χ1) is 13.9. The maximum atomic E-state index is 12.8. The lowest BCUT2D eigenvalue weighted by atomic mass is 9.70. The summed E-state index contributed by atoms with van der Waals surface area (Å²) in [6, 6.07) is 0. The van der Waals surface area contributed by atoms with Crippen LogP contribution in [0, 0.1) is 34.5 Å². The average Bonchev–Trinajstić information content (AvgIpc) is 2.94. The molecule has 0 radical (unpaired) electrons. The summed E-state index contributed by atoms with van der Waals surface area (Å²) in [7, 11) is 4.25. The molecule has 0 aliphatic heterocycles. The topological polar surface area (TPSA) is 35.5 Å². The largest absolute Gasteiger partial charge is 0.458 e. The molecule has 4 nitrogen and oxygen atoms in total. The van der Waals surface area contributed by atoms with E-state index in [-0.39, 0.29) is 12.1 Å². The lowest BCUT2D eigenvalue weighted by Gasteiger charge is -2.39. The van der Waals surface area contributed by atoms with Crippen LogP contribution in [0.3, 0.4) is 0 Å². The zero-order chi connectivity index (χ0) is 22.3. The summed E-state index contributed by atoms with van der Waals surface area (Å²) in [5, 5.41) is 0. The minimum Gasteiger partial charge on any atom is -0.458 e. The van der Waals surface area contributed by atoms with Gasteiger partial charge < -0.3 is 14.0 Å². The van der Waals surface area contributed by atoms with E-state index in [4.69, 9.17) is 9.47 Å². The summed E-state index contributed by atoms with van der Waals surface area (Å²) >= 11 is 0. The van der Waals surface area contributed by atoms with Crippen molar-refractivity contribution >= 4 is 5.97 Å². The van der Waals surface area contributed by atoms with Gasteiger partial charge in [-0.1, -0.05) is 48.0 Å². The predicted octanol–water partition coefficient (Wildman–Crippen LogP) is 5.30. The minimum absolute atomic E-state index is 0.0437. The SMILES string of the molecule is CC(C)[C@H]1CC[C@@H](C)C[C@H]1OC(=O)C[N+](C)(C)CCO[C@H]1C[C@H]2CC[C@@]1(C)C2(C)C. The summed E-state index contributed by atoms with van der Waals surface area (Å²) < 4.78 is 13.1. The number of fused-ring (bicyclic) bond motifs is 2. The molecular formula is C26H48NO3+. The quantitative estimate of drug-likeness (QED) is 0.393. The van der Waals surface area contributed by atoms with Crippen LogP contribution in [-0.4, -0.2) is 56.5 Å². The Kier molecular flexibility index (Phi) is 7.00. The lowest BCUT2D eigenvalue weighted by molar-refractivity contribution is -0.883. The molecule has 3 rings (SSSR count). The van der Waals surface area contributed by atoms with Gasteiger partial charge in [-0.2, -0.15) is 0 Å². The molecule has 0 spiro atoms. The van der Waals surface area contributed by atoms with Gasteiger partial charge in [0.1, 0.15) is 12.6 Å². The van der Waals surface area contributed by atoms with Crippen molar-refractivity contribution in [2.75, 3.05) is 33.8 Å². The number of hydrogen-bond acceptors (Lipinski definition) is 3. The van der Waals surface area contributed by atoms with Crippen molar-refractivity contribution in [2.45, 2.75) is 92.3 Å². The number of nitrogens with zero attached hydrogens (tertiary/aromatic N) is 1. The summed E-state index contributed by atoms with van der Waals surface area (Å²) in [6.45, 7) is 16.1. The highest BCUT2D eigenvalue weighted by Crippen LogP contribution is 2.66. The Morgan fingerprint density at radius 2 is 1.80 bits per heavy atom. The van der Waals surface area contributed by atoms with Gasteiger partial charge in [-0.05, 0) is 66.6 Å². The van der Waals surface area contributed by atoms with Crippen LogP contribution >= 0.6 is 0 Å². The molecule has 3 aliphatic carbocycles. The average molecular weight is 423 g/mol. The van der Waals surface area contributed by atoms with Crippen molar-refractivity contribution in [3.63, 3.8) is 0 Å². The van der Waals surface area contributed by atoms with E-state index in [1.54, 1.807) is 0 Å². The van der Waals surface area contributed by atoms with Crippen molar-refractivity contribution < 1.29 is 18.8 Å². The Bertz CT molecular complexity index is 613. The molecule has 3 aliphatic rings. The maximum absolute atomic E-state index is 12.8. The Labute approximate surface area is 185 Å². The molecule has 174 valence electrons. The molecule has 0 unspecified atom stereocenters. The highest BCUT2D eigenvalue weighted by molar-refractivity contribution is 5.70. The molecule has 6 atom stereocenters. The van der Waals surface area contributed by atoms with Crippen molar-refractivity contribution in [3.8, 4) is 0 Å². The molecule has 30 heavy (non-hydrogen) atoms. The van der Waals surface area contributed by atoms with Crippen molar-refractivity contribution in [2.24, 2.45) is 34.5 Å². The fourth-order valence-corrected chi connectivity index (χ4v) is 6.71. The Morgan fingerprint density at radius 3 is 2.37 bits per heavy atom. The van der Waals surface area contributed by atoms with E-state index < -0.39 is 0 Å². The second-order valence-corrected chi connectivity index (χ2v) is 12.6. The van der Waals surface area contributed by atoms with Crippen LogP contribution in [0.25, 0.3) is 0 Å². The van der Waals surface area contributed by atoms with Gasteiger partial charge in [-0.15, -0.1) is 0 Å². The van der Waals surface area contributed by atoms with E-state index in [9.17, 15) is 4.79 Å². The fourth-order valence-electron chi connectivity index (χ4n) is 6.71. The van der Waals surface area contributed by atoms with Gasteiger partial charge in [-0.25, -0.2) is 4.79 Å². The molecule has 0 amide bonds. The molecular weight excluding hydrogens is 374 g/mol. The number of carbonyl (C=O) groups excluding carboxylic acids is 1. The van der Waals surface area contributed by atoms with E-state index in [2.05, 4.69) is 55.6 Å². The van der Waals surface area contributed by atoms with Crippen LogP contribution < -0.4 is 0 Å². The van der Waals surface area contributed by atoms with Crippen molar-refractivity contribution in [1.82, 2.24) is 0 Å². The molecule has 0 aromatic heterocycles. The van der Waals surface area contributed by atoms with Crippen LogP contribution in [0.2, 0.25) is 0 Å². The molecule has 3 fully saturated rings. The van der Waals surface area contributed by atoms with Gasteiger partial charge in [-0.3, -0.25) is 0 Å². The number of ether oxygens (including phenoxy) is 2. The van der Waals surface area contributed by atoms with Crippen LogP contribution in [0.1, 0.15) is 80.1 Å². The number of esters is 1. The molecule has 0 N–H and O–H groups in total. The predicted molar refractivity (Wildman–Crippen MR) is 122 cm³/mol. The zero-order valence-corrected chi connectivity index (χ0v) is 21.0. The summed E-state index contributed by atoms with van der Waals surface area (Å²) in [5.41, 5.74) is 0.688. The summed E-state index contributed by atoms with van der Waals surface area (Å²) in [4.78, 5) is 12.8. The van der Waals surface area contributed by atoms with Gasteiger partial charge in [0.2, 0.25) is 0 Å². The normalized spacial score (nSPS) is 38.2. The van der Waals surface area contributed by atoms with Gasteiger partial charge in [0, 0.05) is 0 Å². The first kappa shape index (κ1) is 24.0. The lowest BCUT2D eigenvalue weighted by Crippen LogP contribution is -2.48. The molecule has 0 saturated heterocycles. The number of likely N-dealkylation sites (N-methyl/N-ethyl adjacent to an activating group) is 1. The third-order valence-corrected chi connectivity index (χ3v) is 9.53. The first-order valence-electron chi connectivity index (χ1n) is 12.5. The van der Waals surface area contributed by atoms with E-state index in [1.165, 1.54) is 32.1 Å². The van der Waals surface area contributed by atoms with Crippen LogP contribution in [0.5, 0.6) is 0 Å². The minimum atomic E-state index is -0.0437. The smallest absolute Gasteiger partial charge is 0.362 e. The van der Waals surface area contributed by atoms with E-state index >= 15 is 0 Å². The highest BCUT2D eigenvalue weighted by atomic mass is 16.5. The van der Waals surface area contributed by atoms with Crippen molar-refractivity contribution in [3.05, 3.63) is 0 Å².